The molecule has 0 bridgehead atoms. The lowest BCUT2D eigenvalue weighted by Gasteiger charge is -2.37. The summed E-state index contributed by atoms with van der Waals surface area (Å²) in [6, 6.07) is 34.1. The van der Waals surface area contributed by atoms with Gasteiger partial charge < -0.3 is 10.0 Å². The summed E-state index contributed by atoms with van der Waals surface area (Å²) in [4.78, 5) is 29.2. The van der Waals surface area contributed by atoms with Crippen LogP contribution in [0.4, 0.5) is 5.69 Å². The molecule has 3 atom stereocenters. The van der Waals surface area contributed by atoms with E-state index in [2.05, 4.69) is 81.8 Å². The molecule has 1 unspecified atom stereocenters. The van der Waals surface area contributed by atoms with Crippen molar-refractivity contribution in [1.29, 1.82) is 0 Å². The SMILES string of the molecule is O=C1CCC(c2ccccc2CN2CCN(c3ccc([C@@H]4c5ccc(O)cc5CC[C@@H]4c4ccccc4)cc3)CC2)C(=O)N1. The number of phenolic OH excluding ortho intramolecular Hbond substituents is 1. The second-order valence-electron chi connectivity index (χ2n) is 12.5. The Labute approximate surface area is 259 Å². The number of carbonyl (C=O) groups is 2. The minimum absolute atomic E-state index is 0.173. The average Bonchev–Trinajstić information content (AvgIpc) is 3.05. The molecule has 224 valence electrons. The highest BCUT2D eigenvalue weighted by Crippen LogP contribution is 2.47. The van der Waals surface area contributed by atoms with Gasteiger partial charge in [0.2, 0.25) is 11.8 Å². The molecule has 7 rings (SSSR count). The number of amides is 2. The van der Waals surface area contributed by atoms with Gasteiger partial charge in [-0.15, -0.1) is 0 Å². The topological polar surface area (TPSA) is 72.9 Å². The van der Waals surface area contributed by atoms with Crippen molar-refractivity contribution in [3.05, 3.63) is 130 Å². The monoisotopic (exact) mass is 585 g/mol. The van der Waals surface area contributed by atoms with E-state index in [9.17, 15) is 14.7 Å². The number of hydrogen-bond acceptors (Lipinski definition) is 5. The Kier molecular flexibility index (Phi) is 7.92. The molecule has 2 N–H and O–H groups in total. The van der Waals surface area contributed by atoms with E-state index < -0.39 is 0 Å². The van der Waals surface area contributed by atoms with E-state index in [1.165, 1.54) is 33.5 Å². The molecule has 2 fully saturated rings. The zero-order valence-corrected chi connectivity index (χ0v) is 25.0. The zero-order chi connectivity index (χ0) is 30.0. The molecule has 0 radical (unpaired) electrons. The Morgan fingerprint density at radius 3 is 2.25 bits per heavy atom. The van der Waals surface area contributed by atoms with Gasteiger partial charge in [0.25, 0.3) is 0 Å². The van der Waals surface area contributed by atoms with Crippen LogP contribution in [-0.2, 0) is 22.6 Å². The number of rotatable bonds is 6. The number of fused-ring (bicyclic) bond motifs is 1. The van der Waals surface area contributed by atoms with Crippen LogP contribution in [0.5, 0.6) is 5.75 Å². The minimum atomic E-state index is -0.257. The van der Waals surface area contributed by atoms with Gasteiger partial charge in [0.15, 0.2) is 0 Å². The van der Waals surface area contributed by atoms with Crippen molar-refractivity contribution in [1.82, 2.24) is 10.2 Å². The van der Waals surface area contributed by atoms with Crippen LogP contribution in [0.1, 0.15) is 70.4 Å². The molecule has 2 aliphatic heterocycles. The van der Waals surface area contributed by atoms with E-state index in [-0.39, 0.29) is 23.7 Å². The van der Waals surface area contributed by atoms with Crippen LogP contribution in [0, 0.1) is 0 Å². The van der Waals surface area contributed by atoms with Crippen LogP contribution >= 0.6 is 0 Å². The average molecular weight is 586 g/mol. The van der Waals surface area contributed by atoms with Crippen molar-refractivity contribution < 1.29 is 14.7 Å². The fourth-order valence-corrected chi connectivity index (χ4v) is 7.58. The number of piperidine rings is 1. The highest BCUT2D eigenvalue weighted by molar-refractivity contribution is 6.01. The number of hydrogen-bond donors (Lipinski definition) is 2. The van der Waals surface area contributed by atoms with Gasteiger partial charge in [-0.25, -0.2) is 0 Å². The lowest BCUT2D eigenvalue weighted by atomic mass is 9.69. The number of benzene rings is 4. The van der Waals surface area contributed by atoms with Gasteiger partial charge in [0, 0.05) is 50.7 Å². The molecular formula is C38H39N3O3. The van der Waals surface area contributed by atoms with Gasteiger partial charge in [-0.3, -0.25) is 19.8 Å². The van der Waals surface area contributed by atoms with Crippen LogP contribution in [0.25, 0.3) is 0 Å². The summed E-state index contributed by atoms with van der Waals surface area (Å²) in [5.74, 6) is 0.379. The van der Waals surface area contributed by atoms with E-state index in [4.69, 9.17) is 0 Å². The molecule has 2 saturated heterocycles. The number of imide groups is 1. The van der Waals surface area contributed by atoms with Gasteiger partial charge in [-0.05, 0) is 82.8 Å². The second-order valence-corrected chi connectivity index (χ2v) is 12.5. The maximum atomic E-state index is 12.6. The van der Waals surface area contributed by atoms with E-state index in [0.717, 1.165) is 51.1 Å². The maximum Gasteiger partial charge on any atom is 0.234 e. The van der Waals surface area contributed by atoms with E-state index in [1.807, 2.05) is 30.3 Å². The Morgan fingerprint density at radius 2 is 1.48 bits per heavy atom. The van der Waals surface area contributed by atoms with Gasteiger partial charge >= 0.3 is 0 Å². The van der Waals surface area contributed by atoms with E-state index in [1.54, 1.807) is 0 Å². The summed E-state index contributed by atoms with van der Waals surface area (Å²) in [7, 11) is 0. The number of anilines is 1. The van der Waals surface area contributed by atoms with Gasteiger partial charge in [0.05, 0.1) is 5.92 Å². The maximum absolute atomic E-state index is 12.6. The first-order valence-corrected chi connectivity index (χ1v) is 15.9. The van der Waals surface area contributed by atoms with Crippen molar-refractivity contribution in [2.75, 3.05) is 31.1 Å². The van der Waals surface area contributed by atoms with Crippen molar-refractivity contribution in [2.45, 2.75) is 50.0 Å². The molecule has 2 heterocycles. The van der Waals surface area contributed by atoms with Gasteiger partial charge in [-0.2, -0.15) is 0 Å². The van der Waals surface area contributed by atoms with Crippen molar-refractivity contribution in [3.63, 3.8) is 0 Å². The smallest absolute Gasteiger partial charge is 0.234 e. The first-order chi connectivity index (χ1) is 21.5. The number of aryl methyl sites for hydroxylation is 1. The molecule has 1 aliphatic carbocycles. The zero-order valence-electron chi connectivity index (χ0n) is 25.0. The fourth-order valence-electron chi connectivity index (χ4n) is 7.58. The number of nitrogens with one attached hydrogen (secondary N) is 1. The summed E-state index contributed by atoms with van der Waals surface area (Å²) in [5, 5.41) is 12.7. The Morgan fingerprint density at radius 1 is 0.727 bits per heavy atom. The van der Waals surface area contributed by atoms with Crippen LogP contribution in [0.2, 0.25) is 0 Å². The summed E-state index contributed by atoms with van der Waals surface area (Å²) in [6.07, 6.45) is 3.00. The first kappa shape index (κ1) is 28.4. The normalized spacial score (nSPS) is 22.4. The molecule has 44 heavy (non-hydrogen) atoms. The summed E-state index contributed by atoms with van der Waals surface area (Å²) in [6.45, 7) is 4.58. The summed E-state index contributed by atoms with van der Waals surface area (Å²) >= 11 is 0. The number of phenols is 1. The molecule has 6 nitrogen and oxygen atoms in total. The molecule has 0 saturated carbocycles. The van der Waals surface area contributed by atoms with Gasteiger partial charge in [0.1, 0.15) is 5.75 Å². The Bertz CT molecular complexity index is 1640. The predicted octanol–water partition coefficient (Wildman–Crippen LogP) is 6.10. The summed E-state index contributed by atoms with van der Waals surface area (Å²) in [5.41, 5.74) is 8.73. The lowest BCUT2D eigenvalue weighted by molar-refractivity contribution is -0.134. The highest BCUT2D eigenvalue weighted by Gasteiger charge is 2.33. The third-order valence-electron chi connectivity index (χ3n) is 9.87. The van der Waals surface area contributed by atoms with Gasteiger partial charge in [-0.1, -0.05) is 72.8 Å². The first-order valence-electron chi connectivity index (χ1n) is 15.9. The van der Waals surface area contributed by atoms with Crippen LogP contribution in [0.3, 0.4) is 0 Å². The number of piperazine rings is 1. The third kappa shape index (κ3) is 5.74. The van der Waals surface area contributed by atoms with E-state index >= 15 is 0 Å². The molecule has 4 aromatic rings. The lowest BCUT2D eigenvalue weighted by Crippen LogP contribution is -2.46. The molecule has 2 amide bonds. The molecular weight excluding hydrogens is 546 g/mol. The van der Waals surface area contributed by atoms with Crippen molar-refractivity contribution in [2.24, 2.45) is 0 Å². The molecule has 6 heteroatoms. The number of nitrogens with zero attached hydrogens (tertiary/aromatic N) is 2. The molecule has 0 spiro atoms. The third-order valence-corrected chi connectivity index (χ3v) is 9.87. The standard InChI is InChI=1S/C38H39N3O3/c42-31-15-17-34-28(24-31)12-16-33(26-6-2-1-3-7-26)37(34)27-10-13-30(14-11-27)41-22-20-40(21-23-41)25-29-8-4-5-9-32(29)35-18-19-36(43)39-38(35)44/h1-11,13-15,17,24,33,35,37,42H,12,16,18-23,25H2,(H,39,43,44)/t33-,35?,37+/m1/s1. The number of aromatic hydroxyl groups is 1. The van der Waals surface area contributed by atoms with E-state index in [0.29, 0.717) is 24.5 Å². The fraction of sp³-hybridized carbons (Fsp3) is 0.316. The Hall–Kier alpha value is -4.42. The molecule has 4 aromatic carbocycles. The molecule has 0 aromatic heterocycles. The highest BCUT2D eigenvalue weighted by atomic mass is 16.3. The van der Waals surface area contributed by atoms with Crippen LogP contribution < -0.4 is 10.2 Å². The number of carbonyl (C=O) groups excluding carboxylic acids is 2. The van der Waals surface area contributed by atoms with Crippen molar-refractivity contribution in [3.8, 4) is 5.75 Å². The predicted molar refractivity (Wildman–Crippen MR) is 173 cm³/mol. The summed E-state index contributed by atoms with van der Waals surface area (Å²) < 4.78 is 0. The van der Waals surface area contributed by atoms with Crippen molar-refractivity contribution >= 4 is 17.5 Å². The van der Waals surface area contributed by atoms with Crippen LogP contribution in [0.15, 0.2) is 97.1 Å². The minimum Gasteiger partial charge on any atom is -0.508 e. The second kappa shape index (κ2) is 12.3. The van der Waals surface area contributed by atoms with Crippen LogP contribution in [-0.4, -0.2) is 48.0 Å². The molecule has 3 aliphatic rings. The largest absolute Gasteiger partial charge is 0.508 e. The quantitative estimate of drug-likeness (QED) is 0.268. The Balaban J connectivity index is 1.05.